The van der Waals surface area contributed by atoms with E-state index in [0.717, 1.165) is 22.3 Å². The van der Waals surface area contributed by atoms with Gasteiger partial charge in [-0.05, 0) is 47.9 Å². The molecule has 35 heavy (non-hydrogen) atoms. The number of nitrogens with one attached hydrogen (secondary N) is 1. The van der Waals surface area contributed by atoms with Crippen molar-refractivity contribution in [3.63, 3.8) is 0 Å². The van der Waals surface area contributed by atoms with Gasteiger partial charge in [-0.2, -0.15) is 0 Å². The first kappa shape index (κ1) is 24.8. The van der Waals surface area contributed by atoms with Crippen LogP contribution in [0.25, 0.3) is 11.1 Å². The maximum atomic E-state index is 13.3. The summed E-state index contributed by atoms with van der Waals surface area (Å²) in [5.74, 6) is -1.16. The molecule has 0 bridgehead atoms. The Morgan fingerprint density at radius 1 is 1.09 bits per heavy atom. The standard InChI is InChI=1S/C28H34N2O5/c1-3-10-24(25(31)30-16-9-15-28(4-2,18-30)26(32)33)29-27(34)35-17-23-21-13-7-5-11-19(21)20-12-6-8-14-22(20)23/h5-8,11-14,23-24H,3-4,9-10,15-18H2,1-2H3,(H,29,34)(H,32,33)/t24-,28?/m1/s1. The molecule has 1 fully saturated rings. The van der Waals surface area contributed by atoms with Gasteiger partial charge in [-0.1, -0.05) is 68.8 Å². The number of piperidine rings is 1. The van der Waals surface area contributed by atoms with Crippen LogP contribution in [0.4, 0.5) is 4.79 Å². The molecule has 7 heteroatoms. The zero-order chi connectivity index (χ0) is 25.0. The van der Waals surface area contributed by atoms with Crippen LogP contribution >= 0.6 is 0 Å². The van der Waals surface area contributed by atoms with Crippen LogP contribution in [0.2, 0.25) is 0 Å². The third-order valence-electron chi connectivity index (χ3n) is 7.53. The molecule has 0 spiro atoms. The molecule has 2 aromatic carbocycles. The number of alkyl carbamates (subject to hydrolysis) is 1. The van der Waals surface area contributed by atoms with Gasteiger partial charge in [-0.15, -0.1) is 0 Å². The lowest BCUT2D eigenvalue weighted by molar-refractivity contribution is -0.155. The Labute approximate surface area is 206 Å². The molecule has 186 valence electrons. The van der Waals surface area contributed by atoms with Crippen LogP contribution in [0.3, 0.4) is 0 Å². The second kappa shape index (κ2) is 10.5. The highest BCUT2D eigenvalue weighted by atomic mass is 16.5. The van der Waals surface area contributed by atoms with Crippen LogP contribution in [0.5, 0.6) is 0 Å². The Bertz CT molecular complexity index is 1050. The van der Waals surface area contributed by atoms with Crippen LogP contribution in [-0.2, 0) is 14.3 Å². The van der Waals surface area contributed by atoms with Gasteiger partial charge in [0.1, 0.15) is 12.6 Å². The number of ether oxygens (including phenoxy) is 1. The number of fused-ring (bicyclic) bond motifs is 3. The number of hydrogen-bond acceptors (Lipinski definition) is 4. The molecular weight excluding hydrogens is 444 g/mol. The number of benzene rings is 2. The van der Waals surface area contributed by atoms with Gasteiger partial charge in [0.05, 0.1) is 5.41 Å². The van der Waals surface area contributed by atoms with E-state index in [2.05, 4.69) is 29.6 Å². The van der Waals surface area contributed by atoms with Crippen molar-refractivity contribution in [2.45, 2.75) is 57.9 Å². The normalized spacial score (nSPS) is 20.0. The van der Waals surface area contributed by atoms with Gasteiger partial charge in [0.2, 0.25) is 5.91 Å². The number of amides is 2. The summed E-state index contributed by atoms with van der Waals surface area (Å²) in [5, 5.41) is 12.5. The first-order valence-electron chi connectivity index (χ1n) is 12.5. The maximum absolute atomic E-state index is 13.3. The number of carboxylic acids is 1. The molecule has 1 aliphatic heterocycles. The van der Waals surface area contributed by atoms with E-state index in [9.17, 15) is 19.5 Å². The lowest BCUT2D eigenvalue weighted by atomic mass is 9.77. The Balaban J connectivity index is 1.42. The second-order valence-electron chi connectivity index (χ2n) is 9.61. The van der Waals surface area contributed by atoms with E-state index in [1.54, 1.807) is 4.90 Å². The molecule has 1 aliphatic carbocycles. The predicted molar refractivity (Wildman–Crippen MR) is 133 cm³/mol. The van der Waals surface area contributed by atoms with Crippen molar-refractivity contribution in [1.82, 2.24) is 10.2 Å². The zero-order valence-corrected chi connectivity index (χ0v) is 20.5. The van der Waals surface area contributed by atoms with Crippen LogP contribution in [0.1, 0.15) is 63.0 Å². The number of carboxylic acid groups (broad SMARTS) is 1. The summed E-state index contributed by atoms with van der Waals surface area (Å²) in [7, 11) is 0. The molecule has 0 aromatic heterocycles. The summed E-state index contributed by atoms with van der Waals surface area (Å²) >= 11 is 0. The zero-order valence-electron chi connectivity index (χ0n) is 20.5. The molecule has 2 amide bonds. The van der Waals surface area contributed by atoms with E-state index >= 15 is 0 Å². The lowest BCUT2D eigenvalue weighted by Crippen LogP contribution is -2.55. The van der Waals surface area contributed by atoms with Crippen molar-refractivity contribution in [2.75, 3.05) is 19.7 Å². The number of rotatable bonds is 8. The van der Waals surface area contributed by atoms with Gasteiger partial charge in [0.15, 0.2) is 0 Å². The van der Waals surface area contributed by atoms with Crippen molar-refractivity contribution in [3.8, 4) is 11.1 Å². The number of carbonyl (C=O) groups excluding carboxylic acids is 2. The quantitative estimate of drug-likeness (QED) is 0.568. The van der Waals surface area contributed by atoms with Crippen molar-refractivity contribution in [1.29, 1.82) is 0 Å². The smallest absolute Gasteiger partial charge is 0.407 e. The van der Waals surface area contributed by atoms with Gasteiger partial charge in [-0.3, -0.25) is 9.59 Å². The molecular formula is C28H34N2O5. The second-order valence-corrected chi connectivity index (χ2v) is 9.61. The van der Waals surface area contributed by atoms with Crippen molar-refractivity contribution >= 4 is 18.0 Å². The first-order valence-corrected chi connectivity index (χ1v) is 12.5. The highest BCUT2D eigenvalue weighted by Crippen LogP contribution is 2.44. The van der Waals surface area contributed by atoms with E-state index in [4.69, 9.17) is 4.74 Å². The summed E-state index contributed by atoms with van der Waals surface area (Å²) in [6.07, 6.45) is 2.19. The van der Waals surface area contributed by atoms with Gasteiger partial charge in [0, 0.05) is 19.0 Å². The largest absolute Gasteiger partial charge is 0.481 e. The highest BCUT2D eigenvalue weighted by Gasteiger charge is 2.43. The SMILES string of the molecule is CCC[C@@H](NC(=O)OCC1c2ccccc2-c2ccccc21)C(=O)N1CCCC(CC)(C(=O)O)C1. The molecule has 1 heterocycles. The minimum absolute atomic E-state index is 0.0590. The average Bonchev–Trinajstić information content (AvgIpc) is 3.20. The summed E-state index contributed by atoms with van der Waals surface area (Å²) in [5.41, 5.74) is 3.63. The van der Waals surface area contributed by atoms with E-state index < -0.39 is 23.5 Å². The number of likely N-dealkylation sites (tertiary alicyclic amines) is 1. The highest BCUT2D eigenvalue weighted by molar-refractivity contribution is 5.87. The van der Waals surface area contributed by atoms with E-state index in [-0.39, 0.29) is 25.0 Å². The monoisotopic (exact) mass is 478 g/mol. The number of hydrogen-bond donors (Lipinski definition) is 2. The van der Waals surface area contributed by atoms with Crippen molar-refractivity contribution in [2.24, 2.45) is 5.41 Å². The minimum Gasteiger partial charge on any atom is -0.481 e. The van der Waals surface area contributed by atoms with Gasteiger partial charge in [0.25, 0.3) is 0 Å². The van der Waals surface area contributed by atoms with E-state index in [1.165, 1.54) is 0 Å². The predicted octanol–water partition coefficient (Wildman–Crippen LogP) is 4.80. The maximum Gasteiger partial charge on any atom is 0.407 e. The Morgan fingerprint density at radius 3 is 2.29 bits per heavy atom. The molecule has 0 saturated carbocycles. The van der Waals surface area contributed by atoms with Gasteiger partial charge < -0.3 is 20.1 Å². The number of aliphatic carboxylic acids is 1. The molecule has 4 rings (SSSR count). The third-order valence-corrected chi connectivity index (χ3v) is 7.53. The molecule has 7 nitrogen and oxygen atoms in total. The van der Waals surface area contributed by atoms with Crippen LogP contribution in [-0.4, -0.2) is 53.7 Å². The molecule has 1 unspecified atom stereocenters. The average molecular weight is 479 g/mol. The molecule has 2 aliphatic rings. The van der Waals surface area contributed by atoms with Gasteiger partial charge in [-0.25, -0.2) is 4.79 Å². The summed E-state index contributed by atoms with van der Waals surface area (Å²) < 4.78 is 5.64. The van der Waals surface area contributed by atoms with Crippen molar-refractivity contribution < 1.29 is 24.2 Å². The van der Waals surface area contributed by atoms with E-state index in [1.807, 2.05) is 38.1 Å². The fourth-order valence-electron chi connectivity index (χ4n) is 5.48. The molecule has 1 saturated heterocycles. The number of nitrogens with zero attached hydrogens (tertiary/aromatic N) is 1. The first-order chi connectivity index (χ1) is 16.9. The van der Waals surface area contributed by atoms with Crippen LogP contribution < -0.4 is 5.32 Å². The molecule has 2 aromatic rings. The van der Waals surface area contributed by atoms with Gasteiger partial charge >= 0.3 is 12.1 Å². The van der Waals surface area contributed by atoms with Crippen molar-refractivity contribution in [3.05, 3.63) is 59.7 Å². The Kier molecular flexibility index (Phi) is 7.43. The summed E-state index contributed by atoms with van der Waals surface area (Å²) in [6, 6.07) is 15.5. The Morgan fingerprint density at radius 2 is 1.71 bits per heavy atom. The molecule has 0 radical (unpaired) electrons. The molecule has 2 atom stereocenters. The third kappa shape index (κ3) is 4.90. The number of carbonyl (C=O) groups is 3. The Hall–Kier alpha value is -3.35. The topological polar surface area (TPSA) is 95.9 Å². The fourth-order valence-corrected chi connectivity index (χ4v) is 5.48. The summed E-state index contributed by atoms with van der Waals surface area (Å²) in [4.78, 5) is 39.6. The van der Waals surface area contributed by atoms with Crippen LogP contribution in [0, 0.1) is 5.41 Å². The molecule has 2 N–H and O–H groups in total. The lowest BCUT2D eigenvalue weighted by Gasteiger charge is -2.40. The van der Waals surface area contributed by atoms with Crippen LogP contribution in [0.15, 0.2) is 48.5 Å². The fraction of sp³-hybridized carbons (Fsp3) is 0.464. The minimum atomic E-state index is -0.922. The summed E-state index contributed by atoms with van der Waals surface area (Å²) in [6.45, 7) is 4.64. The van der Waals surface area contributed by atoms with E-state index in [0.29, 0.717) is 38.6 Å².